The van der Waals surface area contributed by atoms with Gasteiger partial charge >= 0.3 is 0 Å². The topological polar surface area (TPSA) is 101 Å². The fourth-order valence-corrected chi connectivity index (χ4v) is 4.80. The van der Waals surface area contributed by atoms with Crippen molar-refractivity contribution < 1.29 is 17.9 Å². The first-order valence-electron chi connectivity index (χ1n) is 9.93. The number of nitrogens with two attached hydrogens (primary N) is 1. The van der Waals surface area contributed by atoms with Crippen molar-refractivity contribution in [1.82, 2.24) is 14.1 Å². The van der Waals surface area contributed by atoms with E-state index in [4.69, 9.17) is 17.3 Å². The van der Waals surface area contributed by atoms with Gasteiger partial charge in [0.05, 0.1) is 29.1 Å². The van der Waals surface area contributed by atoms with Crippen molar-refractivity contribution in [3.8, 4) is 0 Å². The third kappa shape index (κ3) is 5.72. The molecule has 0 aliphatic heterocycles. The lowest BCUT2D eigenvalue weighted by atomic mass is 9.96. The molecule has 0 amide bonds. The molecule has 1 heterocycles. The van der Waals surface area contributed by atoms with Crippen LogP contribution in [0.2, 0.25) is 5.02 Å². The summed E-state index contributed by atoms with van der Waals surface area (Å²) in [6.45, 7) is 5.48. The quantitative estimate of drug-likeness (QED) is 0.582. The highest BCUT2D eigenvalue weighted by Crippen LogP contribution is 2.31. The van der Waals surface area contributed by atoms with Gasteiger partial charge in [0.25, 0.3) is 0 Å². The van der Waals surface area contributed by atoms with E-state index in [2.05, 4.69) is 5.10 Å². The number of benzene rings is 1. The summed E-state index contributed by atoms with van der Waals surface area (Å²) in [5, 5.41) is 15.1. The van der Waals surface area contributed by atoms with Crippen molar-refractivity contribution in [2.24, 2.45) is 5.73 Å². The fraction of sp³-hybridized carbons (Fsp3) is 0.476. The number of aliphatic hydroxyl groups excluding tert-OH is 1. The van der Waals surface area contributed by atoms with Crippen LogP contribution in [0.25, 0.3) is 0 Å². The molecule has 0 fully saturated rings. The molecule has 0 saturated carbocycles. The smallest absolute Gasteiger partial charge is 0.244 e. The SMILES string of the molecule is CC(C)c1nn(C/C(F)=C/CN)c(C(C)O)c1Cc1ccc(S(=O)(=O)N(C)C)c(Cl)c1. The Bertz CT molecular complexity index is 1060. The van der Waals surface area contributed by atoms with Crippen LogP contribution in [0.5, 0.6) is 0 Å². The van der Waals surface area contributed by atoms with Gasteiger partial charge < -0.3 is 10.8 Å². The Labute approximate surface area is 188 Å². The maximum absolute atomic E-state index is 14.1. The van der Waals surface area contributed by atoms with E-state index >= 15 is 0 Å². The van der Waals surface area contributed by atoms with Gasteiger partial charge in [-0.1, -0.05) is 31.5 Å². The van der Waals surface area contributed by atoms with Crippen molar-refractivity contribution in [2.75, 3.05) is 20.6 Å². The highest BCUT2D eigenvalue weighted by molar-refractivity contribution is 7.89. The van der Waals surface area contributed by atoms with Gasteiger partial charge in [0.1, 0.15) is 10.7 Å². The minimum absolute atomic E-state index is 0.0208. The highest BCUT2D eigenvalue weighted by atomic mass is 35.5. The van der Waals surface area contributed by atoms with Crippen LogP contribution in [-0.2, 0) is 23.0 Å². The summed E-state index contributed by atoms with van der Waals surface area (Å²) in [7, 11) is -0.787. The molecule has 2 aromatic rings. The summed E-state index contributed by atoms with van der Waals surface area (Å²) in [4.78, 5) is 0.0208. The van der Waals surface area contributed by atoms with Gasteiger partial charge in [0, 0.05) is 32.6 Å². The zero-order valence-corrected chi connectivity index (χ0v) is 20.0. The number of hydrogen-bond acceptors (Lipinski definition) is 5. The lowest BCUT2D eigenvalue weighted by molar-refractivity contribution is 0.186. The molecule has 1 aromatic carbocycles. The summed E-state index contributed by atoms with van der Waals surface area (Å²) in [5.41, 5.74) is 8.15. The first-order valence-corrected chi connectivity index (χ1v) is 11.7. The van der Waals surface area contributed by atoms with Crippen LogP contribution in [0.1, 0.15) is 55.3 Å². The van der Waals surface area contributed by atoms with Gasteiger partial charge in [-0.25, -0.2) is 17.1 Å². The Morgan fingerprint density at radius 1 is 1.35 bits per heavy atom. The second-order valence-corrected chi connectivity index (χ2v) is 10.4. The summed E-state index contributed by atoms with van der Waals surface area (Å²) in [6, 6.07) is 4.75. The Kier molecular flexibility index (Phi) is 8.40. The summed E-state index contributed by atoms with van der Waals surface area (Å²) in [6.07, 6.45) is 0.744. The van der Waals surface area contributed by atoms with Crippen molar-refractivity contribution in [1.29, 1.82) is 0 Å². The molecule has 0 bridgehead atoms. The molecule has 172 valence electrons. The van der Waals surface area contributed by atoms with Crippen molar-refractivity contribution in [3.63, 3.8) is 0 Å². The van der Waals surface area contributed by atoms with E-state index in [-0.39, 0.29) is 28.9 Å². The zero-order chi connectivity index (χ0) is 23.5. The van der Waals surface area contributed by atoms with Crippen LogP contribution in [0.4, 0.5) is 4.39 Å². The summed E-state index contributed by atoms with van der Waals surface area (Å²) in [5.74, 6) is -0.408. The molecular formula is C21H30ClFN4O3S. The normalized spacial score (nSPS) is 14.0. The third-order valence-corrected chi connectivity index (χ3v) is 7.14. The lowest BCUT2D eigenvalue weighted by Crippen LogP contribution is -2.22. The monoisotopic (exact) mass is 472 g/mol. The van der Waals surface area contributed by atoms with Gasteiger partial charge in [0.2, 0.25) is 10.0 Å². The number of rotatable bonds is 9. The Hall–Kier alpha value is -1.78. The van der Waals surface area contributed by atoms with Crippen LogP contribution >= 0.6 is 11.6 Å². The van der Waals surface area contributed by atoms with Gasteiger partial charge in [-0.2, -0.15) is 5.10 Å². The van der Waals surface area contributed by atoms with Crippen molar-refractivity contribution in [2.45, 2.75) is 50.7 Å². The number of halogens is 2. The summed E-state index contributed by atoms with van der Waals surface area (Å²) < 4.78 is 41.5. The third-order valence-electron chi connectivity index (χ3n) is 4.84. The van der Waals surface area contributed by atoms with Crippen LogP contribution in [0, 0.1) is 0 Å². The van der Waals surface area contributed by atoms with E-state index in [1.807, 2.05) is 13.8 Å². The minimum atomic E-state index is -3.67. The average Bonchev–Trinajstić information content (AvgIpc) is 2.99. The highest BCUT2D eigenvalue weighted by Gasteiger charge is 2.25. The molecule has 0 radical (unpaired) electrons. The largest absolute Gasteiger partial charge is 0.387 e. The van der Waals surface area contributed by atoms with Crippen LogP contribution in [0.3, 0.4) is 0 Å². The minimum Gasteiger partial charge on any atom is -0.387 e. The molecule has 0 aliphatic carbocycles. The molecule has 0 saturated heterocycles. The van der Waals surface area contributed by atoms with Gasteiger partial charge in [0.15, 0.2) is 0 Å². The molecule has 10 heteroatoms. The average molecular weight is 473 g/mol. The number of aromatic nitrogens is 2. The van der Waals surface area contributed by atoms with E-state index in [0.29, 0.717) is 12.1 Å². The summed E-state index contributed by atoms with van der Waals surface area (Å²) >= 11 is 6.29. The molecular weight excluding hydrogens is 443 g/mol. The van der Waals surface area contributed by atoms with Gasteiger partial charge in [-0.05, 0) is 36.6 Å². The Morgan fingerprint density at radius 2 is 2.00 bits per heavy atom. The van der Waals surface area contributed by atoms with E-state index in [9.17, 15) is 17.9 Å². The van der Waals surface area contributed by atoms with Crippen LogP contribution in [0.15, 0.2) is 35.0 Å². The van der Waals surface area contributed by atoms with Crippen molar-refractivity contribution >= 4 is 21.6 Å². The Morgan fingerprint density at radius 3 is 2.48 bits per heavy atom. The molecule has 2 rings (SSSR count). The Balaban J connectivity index is 2.54. The molecule has 1 aromatic heterocycles. The molecule has 0 aliphatic rings. The lowest BCUT2D eigenvalue weighted by Gasteiger charge is -2.15. The van der Waals surface area contributed by atoms with E-state index < -0.39 is 22.0 Å². The predicted octanol–water partition coefficient (Wildman–Crippen LogP) is 3.37. The first-order chi connectivity index (χ1) is 14.4. The molecule has 1 unspecified atom stereocenters. The van der Waals surface area contributed by atoms with Gasteiger partial charge in [-0.3, -0.25) is 4.68 Å². The first kappa shape index (κ1) is 25.5. The number of allylic oxidation sites excluding steroid dienone is 1. The second kappa shape index (κ2) is 10.2. The molecule has 31 heavy (non-hydrogen) atoms. The molecule has 7 nitrogen and oxygen atoms in total. The fourth-order valence-electron chi connectivity index (χ4n) is 3.36. The van der Waals surface area contributed by atoms with Crippen LogP contribution < -0.4 is 5.73 Å². The maximum atomic E-state index is 14.1. The number of sulfonamides is 1. The molecule has 3 N–H and O–H groups in total. The van der Waals surface area contributed by atoms with E-state index in [0.717, 1.165) is 21.1 Å². The van der Waals surface area contributed by atoms with Crippen LogP contribution in [-0.4, -0.2) is 48.3 Å². The number of nitrogens with zero attached hydrogens (tertiary/aromatic N) is 3. The molecule has 0 spiro atoms. The number of aliphatic hydroxyl groups is 1. The maximum Gasteiger partial charge on any atom is 0.244 e. The predicted molar refractivity (Wildman–Crippen MR) is 120 cm³/mol. The number of hydrogen-bond donors (Lipinski definition) is 2. The zero-order valence-electron chi connectivity index (χ0n) is 18.4. The van der Waals surface area contributed by atoms with Crippen molar-refractivity contribution in [3.05, 3.63) is 57.6 Å². The standard InChI is InChI=1S/C21H30ClFN4O3S/c1-13(2)20-17(21(14(3)28)27(25-20)12-16(23)8-9-24)10-15-6-7-19(18(22)11-15)31(29,30)26(4)5/h6-8,11,13-14,28H,9-10,12,24H2,1-5H3/b16-8-. The van der Waals surface area contributed by atoms with E-state index in [1.54, 1.807) is 19.1 Å². The second-order valence-electron chi connectivity index (χ2n) is 7.85. The molecule has 1 atom stereocenters. The van der Waals surface area contributed by atoms with E-state index in [1.165, 1.54) is 30.9 Å². The van der Waals surface area contributed by atoms with Gasteiger partial charge in [-0.15, -0.1) is 0 Å².